The first-order valence-electron chi connectivity index (χ1n) is 7.03. The summed E-state index contributed by atoms with van der Waals surface area (Å²) in [6.07, 6.45) is 0. The van der Waals surface area contributed by atoms with Crippen molar-refractivity contribution in [2.24, 2.45) is 0 Å². The highest BCUT2D eigenvalue weighted by Crippen LogP contribution is 2.20. The molecule has 1 fully saturated rings. The Balaban J connectivity index is 1.68. The number of ether oxygens (including phenoxy) is 1. The zero-order chi connectivity index (χ0) is 16.2. The van der Waals surface area contributed by atoms with Crippen LogP contribution >= 0.6 is 22.9 Å². The summed E-state index contributed by atoms with van der Waals surface area (Å²) in [5.41, 5.74) is 0.691. The fourth-order valence-electron chi connectivity index (χ4n) is 2.17. The van der Waals surface area contributed by atoms with Gasteiger partial charge in [0.25, 0.3) is 11.8 Å². The minimum absolute atomic E-state index is 0.150. The summed E-state index contributed by atoms with van der Waals surface area (Å²) >= 11 is 7.20. The summed E-state index contributed by atoms with van der Waals surface area (Å²) in [7, 11) is 0. The summed E-state index contributed by atoms with van der Waals surface area (Å²) in [6.45, 7) is 2.17. The van der Waals surface area contributed by atoms with Crippen LogP contribution in [0, 0.1) is 0 Å². The first-order valence-corrected chi connectivity index (χ1v) is 8.29. The lowest BCUT2D eigenvalue weighted by atomic mass is 10.2. The van der Waals surface area contributed by atoms with E-state index in [0.29, 0.717) is 47.7 Å². The third-order valence-corrected chi connectivity index (χ3v) is 4.45. The van der Waals surface area contributed by atoms with Crippen molar-refractivity contribution in [2.45, 2.75) is 0 Å². The summed E-state index contributed by atoms with van der Waals surface area (Å²) in [5.74, 6) is -0.502. The van der Waals surface area contributed by atoms with Crippen molar-refractivity contribution in [3.63, 3.8) is 0 Å². The molecule has 0 bridgehead atoms. The number of hydrogen-bond donors (Lipinski definition) is 1. The molecule has 8 heteroatoms. The van der Waals surface area contributed by atoms with E-state index >= 15 is 0 Å². The molecule has 1 aromatic heterocycles. The van der Waals surface area contributed by atoms with Crippen LogP contribution in [0.3, 0.4) is 0 Å². The molecule has 1 N–H and O–H groups in total. The molecule has 0 radical (unpaired) electrons. The fraction of sp³-hybridized carbons (Fsp3) is 0.267. The van der Waals surface area contributed by atoms with Crippen molar-refractivity contribution in [2.75, 3.05) is 31.6 Å². The largest absolute Gasteiger partial charge is 0.378 e. The molecule has 1 aliphatic heterocycles. The highest BCUT2D eigenvalue weighted by atomic mass is 35.5. The third-order valence-electron chi connectivity index (χ3n) is 3.36. The highest BCUT2D eigenvalue weighted by molar-refractivity contribution is 7.14. The number of nitrogens with one attached hydrogen (secondary N) is 1. The van der Waals surface area contributed by atoms with Crippen molar-refractivity contribution >= 4 is 39.9 Å². The lowest BCUT2D eigenvalue weighted by Gasteiger charge is -2.25. The van der Waals surface area contributed by atoms with E-state index in [0.717, 1.165) is 0 Å². The van der Waals surface area contributed by atoms with Gasteiger partial charge < -0.3 is 9.64 Å². The van der Waals surface area contributed by atoms with Crippen LogP contribution in [0.25, 0.3) is 0 Å². The van der Waals surface area contributed by atoms with Crippen LogP contribution in [-0.4, -0.2) is 48.0 Å². The molecule has 0 atom stereocenters. The number of benzene rings is 1. The molecule has 120 valence electrons. The summed E-state index contributed by atoms with van der Waals surface area (Å²) in [4.78, 5) is 30.4. The Morgan fingerprint density at radius 1 is 1.26 bits per heavy atom. The monoisotopic (exact) mass is 351 g/mol. The lowest BCUT2D eigenvalue weighted by Crippen LogP contribution is -2.40. The van der Waals surface area contributed by atoms with E-state index in [2.05, 4.69) is 10.3 Å². The normalized spacial score (nSPS) is 14.6. The Bertz CT molecular complexity index is 728. The van der Waals surface area contributed by atoms with Gasteiger partial charge in [-0.3, -0.25) is 14.9 Å². The average molecular weight is 352 g/mol. The molecule has 3 rings (SSSR count). The topological polar surface area (TPSA) is 71.5 Å². The molecule has 0 aliphatic carbocycles. The molecule has 0 unspecified atom stereocenters. The molecule has 0 saturated carbocycles. The van der Waals surface area contributed by atoms with E-state index in [1.54, 1.807) is 34.5 Å². The second-order valence-electron chi connectivity index (χ2n) is 4.88. The maximum Gasteiger partial charge on any atom is 0.273 e. The van der Waals surface area contributed by atoms with Crippen molar-refractivity contribution in [1.29, 1.82) is 0 Å². The van der Waals surface area contributed by atoms with Gasteiger partial charge in [-0.1, -0.05) is 23.7 Å². The molecule has 2 amide bonds. The average Bonchev–Trinajstić information content (AvgIpc) is 3.03. The highest BCUT2D eigenvalue weighted by Gasteiger charge is 2.21. The van der Waals surface area contributed by atoms with E-state index in [1.807, 2.05) is 0 Å². The Kier molecular flexibility index (Phi) is 4.90. The van der Waals surface area contributed by atoms with Gasteiger partial charge in [0, 0.05) is 18.5 Å². The number of carbonyl (C=O) groups is 2. The SMILES string of the molecule is O=C(Nc1nc(C(=O)N2CCOCC2)cs1)c1ccccc1Cl. The Morgan fingerprint density at radius 3 is 2.74 bits per heavy atom. The maximum atomic E-state index is 12.3. The van der Waals surface area contributed by atoms with Crippen LogP contribution in [0.4, 0.5) is 5.13 Å². The molecular formula is C15H14ClN3O3S. The zero-order valence-electron chi connectivity index (χ0n) is 12.1. The minimum atomic E-state index is -0.352. The van der Waals surface area contributed by atoms with Crippen LogP contribution in [0.15, 0.2) is 29.6 Å². The van der Waals surface area contributed by atoms with Crippen molar-refractivity contribution in [1.82, 2.24) is 9.88 Å². The predicted molar refractivity (Wildman–Crippen MR) is 88.2 cm³/mol. The number of aromatic nitrogens is 1. The lowest BCUT2D eigenvalue weighted by molar-refractivity contribution is 0.0299. The van der Waals surface area contributed by atoms with Crippen LogP contribution < -0.4 is 5.32 Å². The van der Waals surface area contributed by atoms with E-state index in [9.17, 15) is 9.59 Å². The van der Waals surface area contributed by atoms with Crippen LogP contribution in [0.5, 0.6) is 0 Å². The fourth-order valence-corrected chi connectivity index (χ4v) is 3.07. The van der Waals surface area contributed by atoms with Crippen LogP contribution in [0.1, 0.15) is 20.8 Å². The van der Waals surface area contributed by atoms with E-state index in [1.165, 1.54) is 11.3 Å². The number of rotatable bonds is 3. The number of morpholine rings is 1. The number of halogens is 1. The zero-order valence-corrected chi connectivity index (χ0v) is 13.7. The summed E-state index contributed by atoms with van der Waals surface area (Å²) < 4.78 is 5.22. The minimum Gasteiger partial charge on any atom is -0.378 e. The van der Waals surface area contributed by atoms with Gasteiger partial charge >= 0.3 is 0 Å². The number of nitrogens with zero attached hydrogens (tertiary/aromatic N) is 2. The second kappa shape index (κ2) is 7.08. The van der Waals surface area contributed by atoms with E-state index in [-0.39, 0.29) is 11.8 Å². The second-order valence-corrected chi connectivity index (χ2v) is 6.14. The van der Waals surface area contributed by atoms with Gasteiger partial charge in [0.05, 0.1) is 23.8 Å². The Labute approximate surface area is 142 Å². The quantitative estimate of drug-likeness (QED) is 0.922. The smallest absolute Gasteiger partial charge is 0.273 e. The van der Waals surface area contributed by atoms with Crippen molar-refractivity contribution in [3.8, 4) is 0 Å². The third kappa shape index (κ3) is 3.69. The molecule has 1 aromatic carbocycles. The van der Waals surface area contributed by atoms with E-state index in [4.69, 9.17) is 16.3 Å². The van der Waals surface area contributed by atoms with E-state index < -0.39 is 0 Å². The molecular weight excluding hydrogens is 338 g/mol. The number of thiazole rings is 1. The standard InChI is InChI=1S/C15H14ClN3O3S/c16-11-4-2-1-3-10(11)13(20)18-15-17-12(9-23-15)14(21)19-5-7-22-8-6-19/h1-4,9H,5-8H2,(H,17,18,20). The summed E-state index contributed by atoms with van der Waals surface area (Å²) in [5, 5.41) is 5.04. The summed E-state index contributed by atoms with van der Waals surface area (Å²) in [6, 6.07) is 6.76. The maximum absolute atomic E-state index is 12.3. The number of amides is 2. The molecule has 1 aliphatic rings. The van der Waals surface area contributed by atoms with Crippen LogP contribution in [-0.2, 0) is 4.74 Å². The van der Waals surface area contributed by atoms with Crippen molar-refractivity contribution in [3.05, 3.63) is 45.9 Å². The molecule has 2 aromatic rings. The van der Waals surface area contributed by atoms with Gasteiger partial charge in [0.2, 0.25) is 0 Å². The predicted octanol–water partition coefficient (Wildman–Crippen LogP) is 2.52. The number of carbonyl (C=O) groups excluding carboxylic acids is 2. The first-order chi connectivity index (χ1) is 11.1. The molecule has 2 heterocycles. The number of hydrogen-bond acceptors (Lipinski definition) is 5. The Hall–Kier alpha value is -1.96. The van der Waals surface area contributed by atoms with Gasteiger partial charge in [0.1, 0.15) is 5.69 Å². The molecule has 1 saturated heterocycles. The van der Waals surface area contributed by atoms with Gasteiger partial charge in [0.15, 0.2) is 5.13 Å². The molecule has 6 nitrogen and oxygen atoms in total. The number of anilines is 1. The van der Waals surface area contributed by atoms with Crippen molar-refractivity contribution < 1.29 is 14.3 Å². The van der Waals surface area contributed by atoms with Crippen LogP contribution in [0.2, 0.25) is 5.02 Å². The van der Waals surface area contributed by atoms with Gasteiger partial charge in [-0.2, -0.15) is 0 Å². The molecule has 0 spiro atoms. The van der Waals surface area contributed by atoms with Gasteiger partial charge in [-0.25, -0.2) is 4.98 Å². The van der Waals surface area contributed by atoms with Gasteiger partial charge in [-0.05, 0) is 12.1 Å². The molecule has 23 heavy (non-hydrogen) atoms. The first kappa shape index (κ1) is 15.9. The van der Waals surface area contributed by atoms with Gasteiger partial charge in [-0.15, -0.1) is 11.3 Å². The Morgan fingerprint density at radius 2 is 2.00 bits per heavy atom.